The topological polar surface area (TPSA) is 145 Å². The third-order valence-electron chi connectivity index (χ3n) is 4.81. The van der Waals surface area contributed by atoms with E-state index in [0.717, 1.165) is 4.47 Å². The summed E-state index contributed by atoms with van der Waals surface area (Å²) >= 11 is 3.40. The van der Waals surface area contributed by atoms with Gasteiger partial charge in [-0.1, -0.05) is 45.3 Å². The number of para-hydroxylation sites is 1. The van der Waals surface area contributed by atoms with E-state index in [1.807, 2.05) is 24.3 Å². The van der Waals surface area contributed by atoms with Crippen molar-refractivity contribution in [2.45, 2.75) is 6.04 Å². The van der Waals surface area contributed by atoms with Crippen molar-refractivity contribution >= 4 is 33.3 Å². The number of halogens is 1. The molecule has 0 saturated heterocycles. The summed E-state index contributed by atoms with van der Waals surface area (Å²) in [5.41, 5.74) is 1.54. The lowest BCUT2D eigenvalue weighted by atomic mass is 9.91. The van der Waals surface area contributed by atoms with Gasteiger partial charge >= 0.3 is 0 Å². The van der Waals surface area contributed by atoms with E-state index in [-0.39, 0.29) is 17.3 Å². The highest BCUT2D eigenvalue weighted by Gasteiger charge is 2.37. The molecule has 5 rings (SSSR count). The summed E-state index contributed by atoms with van der Waals surface area (Å²) < 4.78 is 2.29. The number of anilines is 2. The van der Waals surface area contributed by atoms with Crippen LogP contribution in [0, 0.1) is 10.1 Å². The van der Waals surface area contributed by atoms with E-state index in [4.69, 9.17) is 0 Å². The Hall–Kier alpha value is -3.93. The van der Waals surface area contributed by atoms with Gasteiger partial charge in [-0.15, -0.1) is 0 Å². The van der Waals surface area contributed by atoms with Crippen molar-refractivity contribution in [3.8, 4) is 11.3 Å². The fourth-order valence-corrected chi connectivity index (χ4v) is 3.80. The summed E-state index contributed by atoms with van der Waals surface area (Å²) in [6.45, 7) is 0. The van der Waals surface area contributed by atoms with E-state index in [2.05, 4.69) is 47.0 Å². The number of aromatic amines is 1. The Kier molecular flexibility index (Phi) is 4.13. The number of nitrogens with one attached hydrogen (secondary N) is 2. The van der Waals surface area contributed by atoms with E-state index < -0.39 is 16.5 Å². The van der Waals surface area contributed by atoms with Crippen LogP contribution in [0.15, 0.2) is 57.8 Å². The minimum absolute atomic E-state index is 0.112. The van der Waals surface area contributed by atoms with Gasteiger partial charge in [-0.3, -0.25) is 14.9 Å². The van der Waals surface area contributed by atoms with Gasteiger partial charge in [0.25, 0.3) is 11.2 Å². The number of tetrazole rings is 1. The van der Waals surface area contributed by atoms with Crippen LogP contribution in [0.2, 0.25) is 0 Å². The molecule has 1 aliphatic rings. The molecule has 148 valence electrons. The molecule has 2 N–H and O–H groups in total. The van der Waals surface area contributed by atoms with Crippen LogP contribution in [0.5, 0.6) is 0 Å². The summed E-state index contributed by atoms with van der Waals surface area (Å²) in [7, 11) is 0. The largest absolute Gasteiger partial charge is 0.318 e. The van der Waals surface area contributed by atoms with Crippen LogP contribution in [0.3, 0.4) is 0 Å². The molecule has 3 heterocycles. The summed E-state index contributed by atoms with van der Waals surface area (Å²) in [6.07, 6.45) is 0. The quantitative estimate of drug-likeness (QED) is 0.305. The zero-order valence-electron chi connectivity index (χ0n) is 15.0. The fourth-order valence-electron chi connectivity index (χ4n) is 3.54. The van der Waals surface area contributed by atoms with Gasteiger partial charge in [0, 0.05) is 21.7 Å². The Balaban J connectivity index is 1.85. The maximum absolute atomic E-state index is 12.6. The lowest BCUT2D eigenvalue weighted by molar-refractivity contribution is -0.385. The normalized spacial score (nSPS) is 14.5. The lowest BCUT2D eigenvalue weighted by Gasteiger charge is -2.27. The molecule has 1 aliphatic heterocycles. The third kappa shape index (κ3) is 2.76. The van der Waals surface area contributed by atoms with Crippen LogP contribution >= 0.6 is 15.9 Å². The highest BCUT2D eigenvalue weighted by atomic mass is 79.9. The molecule has 0 unspecified atom stereocenters. The number of nitrogens with zero attached hydrogens (tertiary/aromatic N) is 6. The molecule has 0 spiro atoms. The van der Waals surface area contributed by atoms with Crippen molar-refractivity contribution in [1.82, 2.24) is 30.4 Å². The van der Waals surface area contributed by atoms with Crippen molar-refractivity contribution in [1.29, 1.82) is 0 Å². The van der Waals surface area contributed by atoms with E-state index in [0.29, 0.717) is 22.4 Å². The van der Waals surface area contributed by atoms with Crippen LogP contribution in [0.4, 0.5) is 17.3 Å². The SMILES string of the molecule is O=c1[nH]nc(-c2ccc(Br)cc2)c2c1Nc1nnnn1[C@H]2c1ccccc1[N+](=O)[O-]. The van der Waals surface area contributed by atoms with Crippen LogP contribution in [0.1, 0.15) is 17.2 Å². The number of aromatic nitrogens is 6. The molecule has 12 heteroatoms. The van der Waals surface area contributed by atoms with E-state index in [1.165, 1.54) is 10.7 Å². The van der Waals surface area contributed by atoms with Gasteiger partial charge in [-0.05, 0) is 28.6 Å². The zero-order chi connectivity index (χ0) is 20.8. The Morgan fingerprint density at radius 2 is 1.90 bits per heavy atom. The first-order valence-electron chi connectivity index (χ1n) is 8.71. The standard InChI is InChI=1S/C18H11BrN8O3/c19-10-7-5-9(6-8-10)14-13-15(17(28)22-21-14)20-18-23-24-25-26(18)16(13)11-3-1-2-4-12(11)27(29)30/h1-8,16H,(H,22,28)(H,20,23,25)/t16-/m0/s1. The molecule has 0 amide bonds. The van der Waals surface area contributed by atoms with Gasteiger partial charge in [0.15, 0.2) is 0 Å². The average Bonchev–Trinajstić information content (AvgIpc) is 3.22. The number of nitro groups is 1. The summed E-state index contributed by atoms with van der Waals surface area (Å²) in [6, 6.07) is 12.8. The predicted octanol–water partition coefficient (Wildman–Crippen LogP) is 2.79. The summed E-state index contributed by atoms with van der Waals surface area (Å²) in [5.74, 6) is 0.198. The number of rotatable bonds is 3. The molecule has 11 nitrogen and oxygen atoms in total. The molecule has 30 heavy (non-hydrogen) atoms. The van der Waals surface area contributed by atoms with Crippen LogP contribution in [0.25, 0.3) is 11.3 Å². The van der Waals surface area contributed by atoms with Gasteiger partial charge in [0.2, 0.25) is 5.95 Å². The molecule has 2 aromatic carbocycles. The highest BCUT2D eigenvalue weighted by molar-refractivity contribution is 9.10. The first kappa shape index (κ1) is 18.1. The third-order valence-corrected chi connectivity index (χ3v) is 5.34. The Bertz CT molecular complexity index is 1350. The van der Waals surface area contributed by atoms with Gasteiger partial charge < -0.3 is 5.32 Å². The average molecular weight is 467 g/mol. The number of benzene rings is 2. The predicted molar refractivity (Wildman–Crippen MR) is 109 cm³/mol. The number of hydrogen-bond donors (Lipinski definition) is 2. The van der Waals surface area contributed by atoms with Gasteiger partial charge in [-0.25, -0.2) is 5.10 Å². The maximum Gasteiger partial charge on any atom is 0.288 e. The maximum atomic E-state index is 12.6. The van der Waals surface area contributed by atoms with Gasteiger partial charge in [0.05, 0.1) is 16.2 Å². The lowest BCUT2D eigenvalue weighted by Crippen LogP contribution is -2.29. The first-order valence-corrected chi connectivity index (χ1v) is 9.50. The number of nitro benzene ring substituents is 1. The molecule has 2 aromatic heterocycles. The Morgan fingerprint density at radius 3 is 2.67 bits per heavy atom. The Morgan fingerprint density at radius 1 is 1.13 bits per heavy atom. The minimum Gasteiger partial charge on any atom is -0.318 e. The molecule has 0 fully saturated rings. The number of H-pyrrole nitrogens is 1. The molecule has 0 saturated carbocycles. The van der Waals surface area contributed by atoms with Crippen molar-refractivity contribution in [2.75, 3.05) is 5.32 Å². The second kappa shape index (κ2) is 6.84. The minimum atomic E-state index is -0.832. The Labute approximate surface area is 176 Å². The molecule has 1 atom stereocenters. The van der Waals surface area contributed by atoms with Crippen LogP contribution in [-0.2, 0) is 0 Å². The van der Waals surface area contributed by atoms with Gasteiger partial charge in [-0.2, -0.15) is 9.78 Å². The zero-order valence-corrected chi connectivity index (χ0v) is 16.6. The van der Waals surface area contributed by atoms with Gasteiger partial charge in [0.1, 0.15) is 11.7 Å². The first-order chi connectivity index (χ1) is 14.5. The second-order valence-corrected chi connectivity index (χ2v) is 7.40. The van der Waals surface area contributed by atoms with E-state index >= 15 is 0 Å². The monoisotopic (exact) mass is 466 g/mol. The molecular formula is C18H11BrN8O3. The molecular weight excluding hydrogens is 456 g/mol. The number of hydrogen-bond acceptors (Lipinski definition) is 8. The smallest absolute Gasteiger partial charge is 0.288 e. The molecule has 0 radical (unpaired) electrons. The van der Waals surface area contributed by atoms with E-state index in [1.54, 1.807) is 18.2 Å². The van der Waals surface area contributed by atoms with E-state index in [9.17, 15) is 14.9 Å². The molecule has 0 bridgehead atoms. The highest BCUT2D eigenvalue weighted by Crippen LogP contribution is 2.43. The van der Waals surface area contributed by atoms with Crippen LogP contribution < -0.4 is 10.9 Å². The molecule has 4 aromatic rings. The summed E-state index contributed by atoms with van der Waals surface area (Å²) in [5, 5.41) is 33.0. The van der Waals surface area contributed by atoms with Crippen molar-refractivity contribution in [3.05, 3.63) is 84.6 Å². The van der Waals surface area contributed by atoms with Crippen molar-refractivity contribution < 1.29 is 4.92 Å². The number of fused-ring (bicyclic) bond motifs is 2. The van der Waals surface area contributed by atoms with Crippen molar-refractivity contribution in [3.63, 3.8) is 0 Å². The molecule has 0 aliphatic carbocycles. The fraction of sp³-hybridized carbons (Fsp3) is 0.0556. The second-order valence-electron chi connectivity index (χ2n) is 6.49. The van der Waals surface area contributed by atoms with Crippen molar-refractivity contribution in [2.24, 2.45) is 0 Å². The van der Waals surface area contributed by atoms with Crippen LogP contribution in [-0.4, -0.2) is 35.3 Å². The summed E-state index contributed by atoms with van der Waals surface area (Å²) in [4.78, 5) is 23.9.